The predicted octanol–water partition coefficient (Wildman–Crippen LogP) is 10.9. The molecule has 39 heavy (non-hydrogen) atoms. The first kappa shape index (κ1) is 13.6. The molecule has 1 heterocycles. The lowest BCUT2D eigenvalue weighted by Crippen LogP contribution is -1.91. The van der Waals surface area contributed by atoms with E-state index in [0.717, 1.165) is 16.7 Å². The average molecular weight is 508 g/mol. The average Bonchev–Trinajstić information content (AvgIpc) is 3.51. The topological polar surface area (TPSA) is 13.1 Å². The Morgan fingerprint density at radius 3 is 1.79 bits per heavy atom. The number of fused-ring (bicyclic) bond motifs is 5. The van der Waals surface area contributed by atoms with Gasteiger partial charge in [-0.3, -0.25) is 0 Å². The maximum atomic E-state index is 9.20. The van der Waals surface area contributed by atoms with Gasteiger partial charge < -0.3 is 4.42 Å². The Kier molecular flexibility index (Phi) is 3.04. The molecule has 0 aliphatic heterocycles. The summed E-state index contributed by atoms with van der Waals surface area (Å²) < 4.78 is 101. The summed E-state index contributed by atoms with van der Waals surface area (Å²) in [6.07, 6.45) is 0. The van der Waals surface area contributed by atoms with Crippen molar-refractivity contribution in [2.75, 3.05) is 0 Å². The molecular weight excluding hydrogens is 472 g/mol. The maximum absolute atomic E-state index is 9.20. The highest BCUT2D eigenvalue weighted by Crippen LogP contribution is 2.46. The third-order valence-electron chi connectivity index (χ3n) is 7.14. The second-order valence-electron chi connectivity index (χ2n) is 9.27. The van der Waals surface area contributed by atoms with Crippen molar-refractivity contribution in [1.29, 1.82) is 0 Å². The number of benzene rings is 7. The van der Waals surface area contributed by atoms with E-state index in [1.807, 2.05) is 54.6 Å². The van der Waals surface area contributed by atoms with Crippen LogP contribution in [0.4, 0.5) is 0 Å². The third kappa shape index (κ3) is 3.41. The van der Waals surface area contributed by atoms with Crippen LogP contribution in [-0.2, 0) is 0 Å². The fraction of sp³-hybridized carbons (Fsp3) is 0. The monoisotopic (exact) mass is 507 g/mol. The normalized spacial score (nSPS) is 15.5. The van der Waals surface area contributed by atoms with Gasteiger partial charge in [-0.1, -0.05) is 133 Å². The summed E-state index contributed by atoms with van der Waals surface area (Å²) in [6, 6.07) is 19.9. The van der Waals surface area contributed by atoms with Gasteiger partial charge in [0.2, 0.25) is 0 Å². The van der Waals surface area contributed by atoms with E-state index >= 15 is 0 Å². The van der Waals surface area contributed by atoms with Gasteiger partial charge in [0.15, 0.2) is 0 Å². The molecule has 8 aromatic rings. The Labute approximate surface area is 242 Å². The molecule has 0 unspecified atom stereocenters. The van der Waals surface area contributed by atoms with Gasteiger partial charge in [-0.2, -0.15) is 0 Å². The van der Waals surface area contributed by atoms with Crippen molar-refractivity contribution in [3.63, 3.8) is 0 Å². The predicted molar refractivity (Wildman–Crippen MR) is 165 cm³/mol. The van der Waals surface area contributed by atoms with Crippen molar-refractivity contribution in [2.24, 2.45) is 0 Å². The molecule has 0 saturated heterocycles. The first-order valence-electron chi connectivity index (χ1n) is 17.9. The van der Waals surface area contributed by atoms with Crippen LogP contribution in [-0.4, -0.2) is 0 Å². The van der Waals surface area contributed by atoms with Crippen LogP contribution in [0, 0.1) is 0 Å². The van der Waals surface area contributed by atoms with Crippen molar-refractivity contribution in [1.82, 2.24) is 0 Å². The molecule has 1 aromatic heterocycles. The van der Waals surface area contributed by atoms with Gasteiger partial charge in [0.1, 0.15) is 11.2 Å². The number of rotatable bonds is 3. The molecule has 0 aliphatic rings. The number of furan rings is 1. The highest BCUT2D eigenvalue weighted by molar-refractivity contribution is 6.24. The molecule has 0 aliphatic carbocycles. The van der Waals surface area contributed by atoms with Crippen LogP contribution in [0.15, 0.2) is 150 Å². The Morgan fingerprint density at radius 2 is 1.05 bits per heavy atom. The molecule has 7 aromatic carbocycles. The van der Waals surface area contributed by atoms with E-state index < -0.39 is 42.3 Å². The molecule has 0 fully saturated rings. The minimum atomic E-state index is -0.534. The van der Waals surface area contributed by atoms with Crippen LogP contribution in [0.3, 0.4) is 0 Å². The molecule has 0 spiro atoms. The van der Waals surface area contributed by atoms with E-state index in [1.54, 1.807) is 12.1 Å². The van der Waals surface area contributed by atoms with Gasteiger partial charge >= 0.3 is 0 Å². The van der Waals surface area contributed by atoms with Gasteiger partial charge in [0.25, 0.3) is 0 Å². The zero-order valence-corrected chi connectivity index (χ0v) is 20.4. The fourth-order valence-electron chi connectivity index (χ4n) is 5.45. The van der Waals surface area contributed by atoms with Gasteiger partial charge in [0.05, 0.1) is 15.1 Å². The van der Waals surface area contributed by atoms with E-state index in [2.05, 4.69) is 0 Å². The third-order valence-corrected chi connectivity index (χ3v) is 7.14. The summed E-state index contributed by atoms with van der Waals surface area (Å²) in [7, 11) is 0. The molecule has 0 bridgehead atoms. The Hall–Kier alpha value is -5.14. The summed E-state index contributed by atoms with van der Waals surface area (Å²) in [6.45, 7) is 0. The molecule has 182 valence electrons. The van der Waals surface area contributed by atoms with E-state index in [9.17, 15) is 1.37 Å². The molecule has 1 heteroatoms. The molecule has 0 atom stereocenters. The van der Waals surface area contributed by atoms with Crippen molar-refractivity contribution < 1.29 is 19.5 Å². The van der Waals surface area contributed by atoms with Crippen molar-refractivity contribution >= 4 is 43.5 Å². The molecule has 1 nitrogen and oxygen atoms in total. The number of hydrogen-bond acceptors (Lipinski definition) is 1. The lowest BCUT2D eigenvalue weighted by Gasteiger charge is -2.18. The quantitative estimate of drug-likeness (QED) is 0.217. The van der Waals surface area contributed by atoms with E-state index in [4.69, 9.17) is 18.1 Å². The summed E-state index contributed by atoms with van der Waals surface area (Å²) in [5, 5.41) is 1.65. The van der Waals surface area contributed by atoms with Crippen LogP contribution in [0.25, 0.3) is 76.9 Å². The molecule has 0 saturated carbocycles. The van der Waals surface area contributed by atoms with Gasteiger partial charge in [0, 0.05) is 21.9 Å². The molecular formula is C38H24O. The summed E-state index contributed by atoms with van der Waals surface area (Å²) >= 11 is 0. The maximum Gasteiger partial charge on any atom is 0.143 e. The van der Waals surface area contributed by atoms with Crippen molar-refractivity contribution in [3.05, 3.63) is 145 Å². The Balaban J connectivity index is 1.61. The summed E-state index contributed by atoms with van der Waals surface area (Å²) in [5.74, 6) is 0. The van der Waals surface area contributed by atoms with Crippen LogP contribution < -0.4 is 0 Å². The highest BCUT2D eigenvalue weighted by atomic mass is 16.3. The van der Waals surface area contributed by atoms with E-state index in [0.29, 0.717) is 27.1 Å². The van der Waals surface area contributed by atoms with E-state index in [1.165, 1.54) is 12.1 Å². The summed E-state index contributed by atoms with van der Waals surface area (Å²) in [5.41, 5.74) is 3.20. The summed E-state index contributed by atoms with van der Waals surface area (Å²) in [4.78, 5) is 0. The van der Waals surface area contributed by atoms with Gasteiger partial charge in [-0.25, -0.2) is 0 Å². The zero-order valence-electron chi connectivity index (χ0n) is 31.4. The van der Waals surface area contributed by atoms with Crippen LogP contribution in [0.2, 0.25) is 0 Å². The van der Waals surface area contributed by atoms with E-state index in [-0.39, 0.29) is 57.2 Å². The molecule has 0 N–H and O–H groups in total. The van der Waals surface area contributed by atoms with Crippen LogP contribution in [0.5, 0.6) is 0 Å². The minimum absolute atomic E-state index is 0.00269. The molecule has 8 rings (SSSR count). The second kappa shape index (κ2) is 8.72. The first-order chi connectivity index (χ1) is 23.9. The second-order valence-corrected chi connectivity index (χ2v) is 9.27. The Bertz CT molecular complexity index is 2700. The van der Waals surface area contributed by atoms with Gasteiger partial charge in [-0.15, -0.1) is 0 Å². The zero-order chi connectivity index (χ0) is 35.3. The number of hydrogen-bond donors (Lipinski definition) is 0. The Morgan fingerprint density at radius 1 is 0.436 bits per heavy atom. The minimum Gasteiger partial charge on any atom is -0.455 e. The lowest BCUT2D eigenvalue weighted by atomic mass is 9.85. The molecule has 0 radical (unpaired) electrons. The van der Waals surface area contributed by atoms with Crippen molar-refractivity contribution in [3.8, 4) is 33.4 Å². The van der Waals surface area contributed by atoms with Crippen LogP contribution in [0.1, 0.15) is 15.1 Å². The SMILES string of the molecule is [2H]c1cc2c(-c3cccc(-c4ccccc4)c3)c3cc([2H])c([2H])cc3c(-c3c([2H])c([2H])c([2H])c4c3oc3c([2H])c([2H])c([2H])c([2H])c34)c2cc1[2H]. The van der Waals surface area contributed by atoms with Crippen molar-refractivity contribution in [2.45, 2.75) is 0 Å². The molecule has 0 amide bonds. The highest BCUT2D eigenvalue weighted by Gasteiger charge is 2.20. The van der Waals surface area contributed by atoms with Crippen LogP contribution >= 0.6 is 0 Å². The first-order valence-corrected chi connectivity index (χ1v) is 12.4. The largest absolute Gasteiger partial charge is 0.455 e. The van der Waals surface area contributed by atoms with Gasteiger partial charge in [-0.05, 0) is 55.9 Å². The standard InChI is InChI=1S/C38H24O/c1-2-12-25(13-3-1)26-14-10-15-27(24-26)36-29-17-4-6-19-31(29)37(32-20-7-5-18-30(32)36)34-22-11-21-33-28-16-8-9-23-35(28)39-38(33)34/h1-24H/i4D,5D,6D,7D,8D,9D,11D,16D,21D,22D,23D. The number of para-hydroxylation sites is 2. The lowest BCUT2D eigenvalue weighted by molar-refractivity contribution is 0.670. The fourth-order valence-corrected chi connectivity index (χ4v) is 5.45. The smallest absolute Gasteiger partial charge is 0.143 e.